The van der Waals surface area contributed by atoms with E-state index in [0.717, 1.165) is 30.9 Å². The lowest BCUT2D eigenvalue weighted by atomic mass is 9.98. The van der Waals surface area contributed by atoms with Gasteiger partial charge < -0.3 is 19.5 Å². The van der Waals surface area contributed by atoms with Gasteiger partial charge in [-0.2, -0.15) is 5.10 Å². The van der Waals surface area contributed by atoms with Gasteiger partial charge in [-0.25, -0.2) is 0 Å². The molecule has 8 heteroatoms. The molecule has 0 spiro atoms. The Morgan fingerprint density at radius 3 is 2.72 bits per heavy atom. The number of hydrogen-bond acceptors (Lipinski definition) is 5. The molecule has 2 aromatic heterocycles. The van der Waals surface area contributed by atoms with Crippen molar-refractivity contribution in [2.45, 2.75) is 38.3 Å². The molecule has 4 heterocycles. The molecule has 29 heavy (non-hydrogen) atoms. The first-order valence-corrected chi connectivity index (χ1v) is 10.4. The summed E-state index contributed by atoms with van der Waals surface area (Å²) in [5, 5.41) is 4.31. The number of rotatable bonds is 4. The first-order valence-electron chi connectivity index (χ1n) is 10.4. The van der Waals surface area contributed by atoms with Crippen LogP contribution in [0.5, 0.6) is 0 Å². The topological polar surface area (TPSA) is 83.5 Å². The summed E-state index contributed by atoms with van der Waals surface area (Å²) in [6, 6.07) is 3.11. The van der Waals surface area contributed by atoms with Crippen molar-refractivity contribution in [2.24, 2.45) is 7.05 Å². The molecule has 2 aromatic rings. The molecule has 1 N–H and O–H groups in total. The zero-order valence-corrected chi connectivity index (χ0v) is 17.1. The first-order chi connectivity index (χ1) is 14.0. The summed E-state index contributed by atoms with van der Waals surface area (Å²) in [5.41, 5.74) is 1.49. The summed E-state index contributed by atoms with van der Waals surface area (Å²) in [6.45, 7) is 5.61. The lowest BCUT2D eigenvalue weighted by Crippen LogP contribution is -2.53. The lowest BCUT2D eigenvalue weighted by Gasteiger charge is -2.43. The number of morpholine rings is 1. The Labute approximate surface area is 170 Å². The maximum atomic E-state index is 13.4. The van der Waals surface area contributed by atoms with Crippen molar-refractivity contribution < 1.29 is 9.53 Å². The molecule has 0 aromatic carbocycles. The Bertz CT molecular complexity index is 915. The van der Waals surface area contributed by atoms with E-state index in [1.807, 2.05) is 13.2 Å². The lowest BCUT2D eigenvalue weighted by molar-refractivity contribution is -0.0742. The van der Waals surface area contributed by atoms with Crippen molar-refractivity contribution in [3.63, 3.8) is 0 Å². The monoisotopic (exact) mass is 399 g/mol. The average molecular weight is 399 g/mol. The quantitative estimate of drug-likeness (QED) is 0.842. The molecular weight excluding hydrogens is 370 g/mol. The molecule has 2 aliphatic heterocycles. The predicted molar refractivity (Wildman–Crippen MR) is 109 cm³/mol. The number of hydrogen-bond donors (Lipinski definition) is 1. The fourth-order valence-electron chi connectivity index (χ4n) is 4.39. The van der Waals surface area contributed by atoms with Crippen LogP contribution in [0, 0.1) is 6.92 Å². The number of aryl methyl sites for hydroxylation is 2. The smallest absolute Gasteiger partial charge is 0.260 e. The second-order valence-electron chi connectivity index (χ2n) is 8.05. The summed E-state index contributed by atoms with van der Waals surface area (Å²) >= 11 is 0. The predicted octanol–water partition coefficient (Wildman–Crippen LogP) is 1.49. The van der Waals surface area contributed by atoms with Gasteiger partial charge in [-0.15, -0.1) is 0 Å². The molecule has 0 unspecified atom stereocenters. The standard InChI is InChI=1S/C21H29N5O3/c1-15-6-7-17(20(27)23-15)21(28)26-10-11-29-18(14-25-8-4-3-5-9-25)19(26)16-12-22-24(2)13-16/h6-7,12-13,18-19H,3-5,8-11,14H2,1-2H3,(H,23,27)/t18-,19-/m0/s1. The number of carbonyl (C=O) groups is 1. The number of likely N-dealkylation sites (tertiary alicyclic amines) is 1. The van der Waals surface area contributed by atoms with E-state index in [4.69, 9.17) is 4.74 Å². The SMILES string of the molecule is Cc1ccc(C(=O)N2CCO[C@@H](CN3CCCCC3)[C@@H]2c2cnn(C)c2)c(=O)[nH]1. The van der Waals surface area contributed by atoms with Gasteiger partial charge >= 0.3 is 0 Å². The summed E-state index contributed by atoms with van der Waals surface area (Å²) in [4.78, 5) is 32.7. The van der Waals surface area contributed by atoms with E-state index in [1.54, 1.807) is 34.8 Å². The molecule has 2 fully saturated rings. The van der Waals surface area contributed by atoms with Crippen LogP contribution in [-0.2, 0) is 11.8 Å². The van der Waals surface area contributed by atoms with Crippen LogP contribution in [0.25, 0.3) is 0 Å². The Morgan fingerprint density at radius 2 is 2.03 bits per heavy atom. The van der Waals surface area contributed by atoms with E-state index < -0.39 is 0 Å². The van der Waals surface area contributed by atoms with Gasteiger partial charge in [0.1, 0.15) is 5.56 Å². The molecular formula is C21H29N5O3. The molecule has 0 saturated carbocycles. The second kappa shape index (κ2) is 8.51. The van der Waals surface area contributed by atoms with E-state index in [-0.39, 0.29) is 29.2 Å². The summed E-state index contributed by atoms with van der Waals surface area (Å²) in [6.07, 6.45) is 7.25. The molecule has 156 valence electrons. The number of H-pyrrole nitrogens is 1. The number of ether oxygens (including phenoxy) is 1. The van der Waals surface area contributed by atoms with Crippen LogP contribution in [0.15, 0.2) is 29.3 Å². The molecule has 1 amide bonds. The van der Waals surface area contributed by atoms with Crippen LogP contribution in [0.4, 0.5) is 0 Å². The maximum absolute atomic E-state index is 13.4. The number of nitrogens with one attached hydrogen (secondary N) is 1. The average Bonchev–Trinajstić information content (AvgIpc) is 3.14. The molecule has 2 atom stereocenters. The first kappa shape index (κ1) is 19.8. The molecule has 0 aliphatic carbocycles. The van der Waals surface area contributed by atoms with Crippen molar-refractivity contribution in [3.05, 3.63) is 51.7 Å². The van der Waals surface area contributed by atoms with Crippen molar-refractivity contribution in [1.29, 1.82) is 0 Å². The minimum absolute atomic E-state index is 0.153. The van der Waals surface area contributed by atoms with E-state index in [1.165, 1.54) is 19.3 Å². The van der Waals surface area contributed by atoms with Gasteiger partial charge in [0.25, 0.3) is 11.5 Å². The van der Waals surface area contributed by atoms with Gasteiger partial charge in [0, 0.05) is 37.6 Å². The molecule has 8 nitrogen and oxygen atoms in total. The van der Waals surface area contributed by atoms with Crippen molar-refractivity contribution in [1.82, 2.24) is 24.6 Å². The van der Waals surface area contributed by atoms with Gasteiger partial charge in [-0.3, -0.25) is 14.3 Å². The Morgan fingerprint density at radius 1 is 1.24 bits per heavy atom. The van der Waals surface area contributed by atoms with Gasteiger partial charge in [-0.05, 0) is 45.0 Å². The molecule has 2 aliphatic rings. The van der Waals surface area contributed by atoms with E-state index in [0.29, 0.717) is 13.2 Å². The highest BCUT2D eigenvalue weighted by atomic mass is 16.5. The number of amides is 1. The van der Waals surface area contributed by atoms with Crippen LogP contribution < -0.4 is 5.56 Å². The van der Waals surface area contributed by atoms with Crippen molar-refractivity contribution in [2.75, 3.05) is 32.8 Å². The number of aromatic nitrogens is 3. The highest BCUT2D eigenvalue weighted by molar-refractivity contribution is 5.94. The Hall–Kier alpha value is -2.45. The zero-order chi connectivity index (χ0) is 20.4. The molecule has 4 rings (SSSR count). The number of pyridine rings is 1. The molecule has 2 saturated heterocycles. The third-order valence-corrected chi connectivity index (χ3v) is 5.85. The summed E-state index contributed by atoms with van der Waals surface area (Å²) in [5.74, 6) is -0.257. The fraction of sp³-hybridized carbons (Fsp3) is 0.571. The van der Waals surface area contributed by atoms with E-state index >= 15 is 0 Å². The van der Waals surface area contributed by atoms with E-state index in [2.05, 4.69) is 15.0 Å². The highest BCUT2D eigenvalue weighted by Gasteiger charge is 2.39. The Balaban J connectivity index is 1.65. The van der Waals surface area contributed by atoms with Crippen LogP contribution in [0.3, 0.4) is 0 Å². The Kier molecular flexibility index (Phi) is 5.82. The third kappa shape index (κ3) is 4.28. The second-order valence-corrected chi connectivity index (χ2v) is 8.05. The molecule has 0 radical (unpaired) electrons. The number of piperidine rings is 1. The van der Waals surface area contributed by atoms with Crippen LogP contribution >= 0.6 is 0 Å². The van der Waals surface area contributed by atoms with Crippen LogP contribution in [0.1, 0.15) is 46.9 Å². The minimum atomic E-state index is -0.348. The summed E-state index contributed by atoms with van der Waals surface area (Å²) in [7, 11) is 1.86. The van der Waals surface area contributed by atoms with Gasteiger partial charge in [-0.1, -0.05) is 6.42 Å². The van der Waals surface area contributed by atoms with Crippen molar-refractivity contribution >= 4 is 5.91 Å². The molecule has 0 bridgehead atoms. The zero-order valence-electron chi connectivity index (χ0n) is 17.1. The van der Waals surface area contributed by atoms with E-state index in [9.17, 15) is 9.59 Å². The van der Waals surface area contributed by atoms with Crippen LogP contribution in [-0.4, -0.2) is 69.4 Å². The number of aromatic amines is 1. The highest BCUT2D eigenvalue weighted by Crippen LogP contribution is 2.31. The fourth-order valence-corrected chi connectivity index (χ4v) is 4.39. The normalized spacial score (nSPS) is 23.3. The third-order valence-electron chi connectivity index (χ3n) is 5.85. The van der Waals surface area contributed by atoms with Gasteiger partial charge in [0.2, 0.25) is 0 Å². The number of nitrogens with zero attached hydrogens (tertiary/aromatic N) is 4. The summed E-state index contributed by atoms with van der Waals surface area (Å²) < 4.78 is 7.90. The van der Waals surface area contributed by atoms with Gasteiger partial charge in [0.15, 0.2) is 0 Å². The maximum Gasteiger partial charge on any atom is 0.260 e. The van der Waals surface area contributed by atoms with Crippen molar-refractivity contribution in [3.8, 4) is 0 Å². The minimum Gasteiger partial charge on any atom is -0.373 e. The largest absolute Gasteiger partial charge is 0.373 e. The van der Waals surface area contributed by atoms with Crippen LogP contribution in [0.2, 0.25) is 0 Å². The van der Waals surface area contributed by atoms with Gasteiger partial charge in [0.05, 0.1) is 24.9 Å². The number of carbonyl (C=O) groups excluding carboxylic acids is 1.